The Morgan fingerprint density at radius 1 is 1.38 bits per heavy atom. The largest absolute Gasteiger partial charge is 0.481 e. The third-order valence-corrected chi connectivity index (χ3v) is 4.16. The third kappa shape index (κ3) is 3.23. The highest BCUT2D eigenvalue weighted by Crippen LogP contribution is 2.34. The van der Waals surface area contributed by atoms with E-state index in [1.165, 1.54) is 19.2 Å². The van der Waals surface area contributed by atoms with E-state index in [0.29, 0.717) is 29.1 Å². The Morgan fingerprint density at radius 2 is 2.17 bits per heavy atom. The molecule has 1 saturated heterocycles. The van der Waals surface area contributed by atoms with Crippen molar-refractivity contribution in [3.63, 3.8) is 0 Å². The predicted octanol–water partition coefficient (Wildman–Crippen LogP) is 2.49. The zero-order chi connectivity index (χ0) is 17.3. The molecule has 1 fully saturated rings. The summed E-state index contributed by atoms with van der Waals surface area (Å²) >= 11 is 0. The van der Waals surface area contributed by atoms with E-state index >= 15 is 0 Å². The van der Waals surface area contributed by atoms with Gasteiger partial charge in [-0.3, -0.25) is 4.79 Å². The maximum absolute atomic E-state index is 13.5. The molecule has 0 radical (unpaired) electrons. The van der Waals surface area contributed by atoms with Crippen LogP contribution in [-0.4, -0.2) is 40.7 Å². The first kappa shape index (κ1) is 16.4. The molecule has 24 heavy (non-hydrogen) atoms. The summed E-state index contributed by atoms with van der Waals surface area (Å²) in [6, 6.07) is 9.03. The van der Waals surface area contributed by atoms with Gasteiger partial charge in [0, 0.05) is 23.9 Å². The number of β-amino-alcohol motifs (C(OH)–C–C–N with tert-alkyl or cyclic N) is 1. The van der Waals surface area contributed by atoms with Gasteiger partial charge in [0.15, 0.2) is 0 Å². The number of benzene rings is 1. The molecule has 2 heterocycles. The van der Waals surface area contributed by atoms with Crippen molar-refractivity contribution in [1.82, 2.24) is 9.88 Å². The van der Waals surface area contributed by atoms with E-state index < -0.39 is 6.10 Å². The van der Waals surface area contributed by atoms with Crippen LogP contribution in [0, 0.1) is 12.7 Å². The van der Waals surface area contributed by atoms with Crippen LogP contribution in [0.4, 0.5) is 4.39 Å². The SMILES string of the molecule is COc1cc(C(=O)N2CC(O)CC2c2cccc(F)c2)cc(C)n1. The van der Waals surface area contributed by atoms with Gasteiger partial charge in [-0.1, -0.05) is 12.1 Å². The van der Waals surface area contributed by atoms with Crippen LogP contribution in [0.2, 0.25) is 0 Å². The van der Waals surface area contributed by atoms with Gasteiger partial charge in [-0.2, -0.15) is 0 Å². The predicted molar refractivity (Wildman–Crippen MR) is 86.3 cm³/mol. The number of aryl methyl sites for hydroxylation is 1. The third-order valence-electron chi connectivity index (χ3n) is 4.16. The van der Waals surface area contributed by atoms with E-state index in [9.17, 15) is 14.3 Å². The second-order valence-electron chi connectivity index (χ2n) is 5.96. The second kappa shape index (κ2) is 6.57. The molecule has 2 unspecified atom stereocenters. The first-order valence-corrected chi connectivity index (χ1v) is 7.75. The lowest BCUT2D eigenvalue weighted by atomic mass is 10.0. The van der Waals surface area contributed by atoms with Crippen molar-refractivity contribution in [2.45, 2.75) is 25.5 Å². The minimum absolute atomic E-state index is 0.212. The number of carbonyl (C=O) groups is 1. The van der Waals surface area contributed by atoms with E-state index in [4.69, 9.17) is 4.74 Å². The maximum Gasteiger partial charge on any atom is 0.254 e. The van der Waals surface area contributed by atoms with Crippen molar-refractivity contribution < 1.29 is 19.0 Å². The molecule has 1 amide bonds. The fraction of sp³-hybridized carbons (Fsp3) is 0.333. The molecule has 6 heteroatoms. The van der Waals surface area contributed by atoms with Crippen molar-refractivity contribution in [1.29, 1.82) is 0 Å². The fourth-order valence-corrected chi connectivity index (χ4v) is 3.10. The molecule has 5 nitrogen and oxygen atoms in total. The van der Waals surface area contributed by atoms with Crippen LogP contribution in [0.3, 0.4) is 0 Å². The summed E-state index contributed by atoms with van der Waals surface area (Å²) in [6.45, 7) is 1.99. The normalized spacial score (nSPS) is 20.2. The van der Waals surface area contributed by atoms with Crippen molar-refractivity contribution >= 4 is 5.91 Å². The summed E-state index contributed by atoms with van der Waals surface area (Å²) in [5.74, 6) is -0.229. The number of aliphatic hydroxyl groups is 1. The molecule has 2 atom stereocenters. The number of pyridine rings is 1. The highest BCUT2D eigenvalue weighted by atomic mass is 19.1. The Bertz CT molecular complexity index is 766. The van der Waals surface area contributed by atoms with E-state index in [2.05, 4.69) is 4.98 Å². The summed E-state index contributed by atoms with van der Waals surface area (Å²) in [6.07, 6.45) is -0.247. The van der Waals surface area contributed by atoms with Crippen LogP contribution in [0.1, 0.15) is 34.1 Å². The summed E-state index contributed by atoms with van der Waals surface area (Å²) in [4.78, 5) is 18.7. The number of halogens is 1. The standard InChI is InChI=1S/C18H19FN2O3/c1-11-6-13(8-17(20-11)24-2)18(23)21-10-15(22)9-16(21)12-4-3-5-14(19)7-12/h3-8,15-16,22H,9-10H2,1-2H3. The number of nitrogens with zero attached hydrogens (tertiary/aromatic N) is 2. The zero-order valence-corrected chi connectivity index (χ0v) is 13.6. The summed E-state index contributed by atoms with van der Waals surface area (Å²) < 4.78 is 18.6. The van der Waals surface area contributed by atoms with E-state index in [1.807, 2.05) is 0 Å². The average molecular weight is 330 g/mol. The van der Waals surface area contributed by atoms with Crippen LogP contribution < -0.4 is 4.74 Å². The van der Waals surface area contributed by atoms with E-state index in [-0.39, 0.29) is 24.3 Å². The molecule has 3 rings (SSSR count). The first-order valence-electron chi connectivity index (χ1n) is 7.75. The van der Waals surface area contributed by atoms with Gasteiger partial charge < -0.3 is 14.7 Å². The zero-order valence-electron chi connectivity index (χ0n) is 13.6. The van der Waals surface area contributed by atoms with Crippen LogP contribution >= 0.6 is 0 Å². The summed E-state index contributed by atoms with van der Waals surface area (Å²) in [5, 5.41) is 10.0. The molecule has 1 aliphatic rings. The minimum Gasteiger partial charge on any atom is -0.481 e. The van der Waals surface area contributed by atoms with Crippen LogP contribution in [0.15, 0.2) is 36.4 Å². The molecule has 1 aromatic heterocycles. The molecule has 0 spiro atoms. The van der Waals surface area contributed by atoms with Crippen LogP contribution in [0.5, 0.6) is 5.88 Å². The molecular weight excluding hydrogens is 311 g/mol. The molecule has 1 aliphatic heterocycles. The number of likely N-dealkylation sites (tertiary alicyclic amines) is 1. The smallest absolute Gasteiger partial charge is 0.254 e. The topological polar surface area (TPSA) is 62.7 Å². The lowest BCUT2D eigenvalue weighted by Gasteiger charge is -2.25. The Labute approximate surface area is 139 Å². The molecule has 0 bridgehead atoms. The number of hydrogen-bond acceptors (Lipinski definition) is 4. The lowest BCUT2D eigenvalue weighted by Crippen LogP contribution is -2.32. The second-order valence-corrected chi connectivity index (χ2v) is 5.96. The van der Waals surface area contributed by atoms with Gasteiger partial charge in [0.25, 0.3) is 5.91 Å². The molecule has 126 valence electrons. The van der Waals surface area contributed by atoms with Gasteiger partial charge in [-0.25, -0.2) is 9.37 Å². The van der Waals surface area contributed by atoms with Gasteiger partial charge in [0.2, 0.25) is 5.88 Å². The van der Waals surface area contributed by atoms with Crippen LogP contribution in [0.25, 0.3) is 0 Å². The fourth-order valence-electron chi connectivity index (χ4n) is 3.10. The van der Waals surface area contributed by atoms with Crippen molar-refractivity contribution in [2.24, 2.45) is 0 Å². The quantitative estimate of drug-likeness (QED) is 0.939. The number of rotatable bonds is 3. The van der Waals surface area contributed by atoms with Gasteiger partial charge >= 0.3 is 0 Å². The van der Waals surface area contributed by atoms with Gasteiger partial charge in [-0.15, -0.1) is 0 Å². The minimum atomic E-state index is -0.632. The van der Waals surface area contributed by atoms with Gasteiger partial charge in [-0.05, 0) is 37.1 Å². The van der Waals surface area contributed by atoms with Gasteiger partial charge in [0.05, 0.1) is 19.3 Å². The molecule has 2 aromatic rings. The summed E-state index contributed by atoms with van der Waals surface area (Å²) in [7, 11) is 1.49. The number of aliphatic hydroxyl groups excluding tert-OH is 1. The lowest BCUT2D eigenvalue weighted by molar-refractivity contribution is 0.0715. The number of ether oxygens (including phenoxy) is 1. The summed E-state index contributed by atoms with van der Waals surface area (Å²) in [5.41, 5.74) is 1.78. The Morgan fingerprint density at radius 3 is 2.88 bits per heavy atom. The highest BCUT2D eigenvalue weighted by Gasteiger charge is 2.36. The van der Waals surface area contributed by atoms with Crippen LogP contribution in [-0.2, 0) is 0 Å². The monoisotopic (exact) mass is 330 g/mol. The molecule has 1 N–H and O–H groups in total. The number of carbonyl (C=O) groups excluding carboxylic acids is 1. The van der Waals surface area contributed by atoms with Gasteiger partial charge in [0.1, 0.15) is 5.82 Å². The first-order chi connectivity index (χ1) is 11.5. The Hall–Kier alpha value is -2.47. The molecular formula is C18H19FN2O3. The van der Waals surface area contributed by atoms with E-state index in [0.717, 1.165) is 0 Å². The molecule has 0 aliphatic carbocycles. The molecule has 0 saturated carbocycles. The molecule has 1 aromatic carbocycles. The number of hydrogen-bond donors (Lipinski definition) is 1. The number of aromatic nitrogens is 1. The van der Waals surface area contributed by atoms with E-state index in [1.54, 1.807) is 36.1 Å². The average Bonchev–Trinajstić information content (AvgIpc) is 2.95. The highest BCUT2D eigenvalue weighted by molar-refractivity contribution is 5.95. The number of amides is 1. The maximum atomic E-state index is 13.5. The van der Waals surface area contributed by atoms with Crippen molar-refractivity contribution in [3.8, 4) is 5.88 Å². The van der Waals surface area contributed by atoms with Crippen molar-refractivity contribution in [2.75, 3.05) is 13.7 Å². The Kier molecular flexibility index (Phi) is 4.49. The number of methoxy groups -OCH3 is 1. The Balaban J connectivity index is 1.94. The van der Waals surface area contributed by atoms with Crippen molar-refractivity contribution in [3.05, 3.63) is 59.0 Å².